The number of benzene rings is 1. The summed E-state index contributed by atoms with van der Waals surface area (Å²) in [5.41, 5.74) is 7.34. The van der Waals surface area contributed by atoms with E-state index in [9.17, 15) is 0 Å². The van der Waals surface area contributed by atoms with Gasteiger partial charge in [0.1, 0.15) is 5.84 Å². The van der Waals surface area contributed by atoms with Gasteiger partial charge in [-0.1, -0.05) is 11.6 Å². The number of halogens is 1. The Balaban J connectivity index is 2.34. The van der Waals surface area contributed by atoms with Crippen LogP contribution in [0.1, 0.15) is 5.56 Å². The molecule has 0 spiro atoms. The number of nitrogens with one attached hydrogen (secondary N) is 1. The van der Waals surface area contributed by atoms with Crippen molar-refractivity contribution >= 4 is 34.9 Å². The van der Waals surface area contributed by atoms with E-state index >= 15 is 0 Å². The molecule has 0 bridgehead atoms. The number of rotatable bonds is 2. The summed E-state index contributed by atoms with van der Waals surface area (Å²) in [5.74, 6) is 2.33. The molecule has 1 aliphatic rings. The van der Waals surface area contributed by atoms with Crippen LogP contribution < -0.4 is 10.6 Å². The molecule has 1 aromatic carbocycles. The third-order valence-electron chi connectivity index (χ3n) is 2.60. The molecular formula is C11H14ClN3S. The zero-order valence-electron chi connectivity index (χ0n) is 8.87. The van der Waals surface area contributed by atoms with Gasteiger partial charge in [-0.2, -0.15) is 11.8 Å². The molecule has 3 nitrogen and oxygen atoms in total. The minimum atomic E-state index is 0.0794. The SMILES string of the molecule is N=C(N)c1cc(Cl)ccc1N1CCSCC1. The van der Waals surface area contributed by atoms with E-state index in [1.54, 1.807) is 6.07 Å². The van der Waals surface area contributed by atoms with E-state index in [1.165, 1.54) is 0 Å². The van der Waals surface area contributed by atoms with Gasteiger partial charge in [0.05, 0.1) is 0 Å². The van der Waals surface area contributed by atoms with E-state index in [0.29, 0.717) is 5.02 Å². The van der Waals surface area contributed by atoms with Crippen molar-refractivity contribution in [2.45, 2.75) is 0 Å². The molecule has 2 rings (SSSR count). The van der Waals surface area contributed by atoms with Gasteiger partial charge in [-0.25, -0.2) is 0 Å². The highest BCUT2D eigenvalue weighted by Crippen LogP contribution is 2.26. The lowest BCUT2D eigenvalue weighted by molar-refractivity contribution is 0.857. The molecule has 1 saturated heterocycles. The second-order valence-electron chi connectivity index (χ2n) is 3.67. The highest BCUT2D eigenvalue weighted by Gasteiger charge is 2.16. The standard InChI is InChI=1S/C11H14ClN3S/c12-8-1-2-10(9(7-8)11(13)14)15-3-5-16-6-4-15/h1-2,7H,3-6H2,(H3,13,14). The van der Waals surface area contributed by atoms with Gasteiger partial charge in [0, 0.05) is 40.9 Å². The van der Waals surface area contributed by atoms with Crippen molar-refractivity contribution < 1.29 is 0 Å². The Morgan fingerprint density at radius 3 is 2.69 bits per heavy atom. The Hall–Kier alpha value is -0.870. The van der Waals surface area contributed by atoms with E-state index in [0.717, 1.165) is 35.8 Å². The fourth-order valence-electron chi connectivity index (χ4n) is 1.80. The third-order valence-corrected chi connectivity index (χ3v) is 3.78. The van der Waals surface area contributed by atoms with E-state index < -0.39 is 0 Å². The van der Waals surface area contributed by atoms with Crippen LogP contribution in [0.5, 0.6) is 0 Å². The topological polar surface area (TPSA) is 53.1 Å². The average molecular weight is 256 g/mol. The summed E-state index contributed by atoms with van der Waals surface area (Å²) in [6, 6.07) is 5.57. The lowest BCUT2D eigenvalue weighted by Gasteiger charge is -2.30. The molecule has 0 radical (unpaired) electrons. The quantitative estimate of drug-likeness (QED) is 0.629. The molecular weight excluding hydrogens is 242 g/mol. The van der Waals surface area contributed by atoms with Gasteiger partial charge in [0.2, 0.25) is 0 Å². The van der Waals surface area contributed by atoms with Crippen molar-refractivity contribution in [3.63, 3.8) is 0 Å². The largest absolute Gasteiger partial charge is 0.384 e. The van der Waals surface area contributed by atoms with E-state index in [1.807, 2.05) is 23.9 Å². The number of hydrogen-bond acceptors (Lipinski definition) is 3. The predicted octanol–water partition coefficient (Wildman–Crippen LogP) is 2.18. The average Bonchev–Trinajstić information content (AvgIpc) is 2.30. The monoisotopic (exact) mass is 255 g/mol. The first-order chi connectivity index (χ1) is 7.68. The maximum absolute atomic E-state index is 7.58. The van der Waals surface area contributed by atoms with Gasteiger partial charge < -0.3 is 10.6 Å². The Morgan fingerprint density at radius 1 is 1.38 bits per heavy atom. The summed E-state index contributed by atoms with van der Waals surface area (Å²) in [4.78, 5) is 2.27. The molecule has 0 amide bonds. The Labute approximate surface area is 104 Å². The van der Waals surface area contributed by atoms with Crippen molar-refractivity contribution in [2.24, 2.45) is 5.73 Å². The van der Waals surface area contributed by atoms with Gasteiger partial charge in [-0.15, -0.1) is 0 Å². The lowest BCUT2D eigenvalue weighted by atomic mass is 10.1. The molecule has 3 N–H and O–H groups in total. The molecule has 0 aromatic heterocycles. The number of thioether (sulfide) groups is 1. The second-order valence-corrected chi connectivity index (χ2v) is 5.34. The van der Waals surface area contributed by atoms with Crippen molar-refractivity contribution in [3.8, 4) is 0 Å². The van der Waals surface area contributed by atoms with Crippen molar-refractivity contribution in [3.05, 3.63) is 28.8 Å². The van der Waals surface area contributed by atoms with Gasteiger partial charge in [-0.3, -0.25) is 5.41 Å². The molecule has 0 aliphatic carbocycles. The van der Waals surface area contributed by atoms with E-state index in [2.05, 4.69) is 4.90 Å². The van der Waals surface area contributed by atoms with E-state index in [-0.39, 0.29) is 5.84 Å². The first kappa shape index (κ1) is 11.6. The van der Waals surface area contributed by atoms with Crippen molar-refractivity contribution in [1.82, 2.24) is 0 Å². The summed E-state index contributed by atoms with van der Waals surface area (Å²) in [5, 5.41) is 8.20. The van der Waals surface area contributed by atoms with Crippen LogP contribution in [0.4, 0.5) is 5.69 Å². The highest BCUT2D eigenvalue weighted by atomic mass is 35.5. The van der Waals surface area contributed by atoms with Crippen LogP contribution in [0, 0.1) is 5.41 Å². The second kappa shape index (κ2) is 4.97. The van der Waals surface area contributed by atoms with Crippen LogP contribution in [0.15, 0.2) is 18.2 Å². The molecule has 1 aromatic rings. The van der Waals surface area contributed by atoms with E-state index in [4.69, 9.17) is 22.7 Å². The van der Waals surface area contributed by atoms with Crippen LogP contribution in [0.2, 0.25) is 5.02 Å². The van der Waals surface area contributed by atoms with Gasteiger partial charge in [0.25, 0.3) is 0 Å². The molecule has 86 valence electrons. The summed E-state index contributed by atoms with van der Waals surface area (Å²) in [6.07, 6.45) is 0. The zero-order valence-corrected chi connectivity index (χ0v) is 10.4. The van der Waals surface area contributed by atoms with Crippen LogP contribution in [0.3, 0.4) is 0 Å². The van der Waals surface area contributed by atoms with Gasteiger partial charge in [-0.05, 0) is 18.2 Å². The molecule has 0 atom stereocenters. The Kier molecular flexibility index (Phi) is 3.61. The molecule has 0 unspecified atom stereocenters. The first-order valence-electron chi connectivity index (χ1n) is 5.15. The Bertz CT molecular complexity index is 402. The summed E-state index contributed by atoms with van der Waals surface area (Å²) in [7, 11) is 0. The molecule has 16 heavy (non-hydrogen) atoms. The fraction of sp³-hybridized carbons (Fsp3) is 0.364. The minimum absolute atomic E-state index is 0.0794. The third kappa shape index (κ3) is 2.44. The number of nitrogens with two attached hydrogens (primary N) is 1. The summed E-state index contributed by atoms with van der Waals surface area (Å²) < 4.78 is 0. The smallest absolute Gasteiger partial charge is 0.124 e. The van der Waals surface area contributed by atoms with Crippen LogP contribution in [-0.4, -0.2) is 30.4 Å². The minimum Gasteiger partial charge on any atom is -0.384 e. The Morgan fingerprint density at radius 2 is 2.06 bits per heavy atom. The number of nitrogens with zero attached hydrogens (tertiary/aromatic N) is 1. The fourth-order valence-corrected chi connectivity index (χ4v) is 2.88. The van der Waals surface area contributed by atoms with Crippen LogP contribution >= 0.6 is 23.4 Å². The molecule has 1 heterocycles. The van der Waals surface area contributed by atoms with Crippen LogP contribution in [0.25, 0.3) is 0 Å². The number of amidine groups is 1. The molecule has 1 aliphatic heterocycles. The number of nitrogen functional groups attached to an aromatic ring is 1. The predicted molar refractivity (Wildman–Crippen MR) is 72.0 cm³/mol. The highest BCUT2D eigenvalue weighted by molar-refractivity contribution is 7.99. The van der Waals surface area contributed by atoms with Gasteiger partial charge >= 0.3 is 0 Å². The summed E-state index contributed by atoms with van der Waals surface area (Å²) >= 11 is 7.88. The van der Waals surface area contributed by atoms with Crippen molar-refractivity contribution in [1.29, 1.82) is 5.41 Å². The van der Waals surface area contributed by atoms with Crippen LogP contribution in [-0.2, 0) is 0 Å². The molecule has 5 heteroatoms. The lowest BCUT2D eigenvalue weighted by Crippen LogP contribution is -2.34. The normalized spacial score (nSPS) is 16.2. The number of anilines is 1. The maximum atomic E-state index is 7.58. The molecule has 0 saturated carbocycles. The first-order valence-corrected chi connectivity index (χ1v) is 6.68. The summed E-state index contributed by atoms with van der Waals surface area (Å²) in [6.45, 7) is 2.01. The number of hydrogen-bond donors (Lipinski definition) is 2. The van der Waals surface area contributed by atoms with Crippen molar-refractivity contribution in [2.75, 3.05) is 29.5 Å². The maximum Gasteiger partial charge on any atom is 0.124 e. The van der Waals surface area contributed by atoms with Gasteiger partial charge in [0.15, 0.2) is 0 Å². The molecule has 1 fully saturated rings. The zero-order chi connectivity index (χ0) is 11.5.